The standard InChI is InChI=1S/C24H24N4O4S/c1-24(2)17-7-3-5-14-6-4-10-27(20(14)17)19(24)9-8-15-22(30)25-21-16(11-32-13-29)18(12-33)26-28(21)23(15)31/h3,5,7-9,13,33H,4,6,10-12H2,1-2H3,(H,25,30). The third-order valence-electron chi connectivity index (χ3n) is 6.64. The SMILES string of the molecule is CC1(C)C(=CC=c2c(=O)[nH]c3c(COC=O)c(CS)nn3c2=O)N2CCCc3cccc1c32. The normalized spacial score (nSPS) is 18.2. The van der Waals surface area contributed by atoms with Crippen molar-refractivity contribution in [2.45, 2.75) is 44.5 Å². The number of carbonyl (C=O) groups is 1. The van der Waals surface area contributed by atoms with Gasteiger partial charge in [0.1, 0.15) is 17.5 Å². The van der Waals surface area contributed by atoms with Gasteiger partial charge in [-0.2, -0.15) is 22.2 Å². The molecule has 2 aromatic heterocycles. The molecule has 33 heavy (non-hydrogen) atoms. The van der Waals surface area contributed by atoms with E-state index >= 15 is 0 Å². The largest absolute Gasteiger partial charge is 0.463 e. The van der Waals surface area contributed by atoms with Crippen molar-refractivity contribution in [3.05, 3.63) is 78.3 Å². The number of fused-ring (bicyclic) bond motifs is 1. The second kappa shape index (κ2) is 7.91. The van der Waals surface area contributed by atoms with E-state index in [-0.39, 0.29) is 28.6 Å². The monoisotopic (exact) mass is 464 g/mol. The number of allylic oxidation sites excluding steroid dienone is 2. The van der Waals surface area contributed by atoms with Gasteiger partial charge in [-0.05, 0) is 36.1 Å². The number of hydrogen-bond acceptors (Lipinski definition) is 7. The Morgan fingerprint density at radius 2 is 2.09 bits per heavy atom. The number of nitrogens with one attached hydrogen (secondary N) is 1. The van der Waals surface area contributed by atoms with Crippen LogP contribution in [0.4, 0.5) is 5.69 Å². The van der Waals surface area contributed by atoms with E-state index in [9.17, 15) is 14.4 Å². The lowest BCUT2D eigenvalue weighted by Crippen LogP contribution is -2.44. The molecule has 1 N–H and O–H groups in total. The summed E-state index contributed by atoms with van der Waals surface area (Å²) in [5.41, 5.74) is 4.75. The van der Waals surface area contributed by atoms with Crippen LogP contribution in [0.15, 0.2) is 39.6 Å². The van der Waals surface area contributed by atoms with Crippen LogP contribution in [0, 0.1) is 0 Å². The number of ether oxygens (including phenoxy) is 1. The predicted octanol–water partition coefficient (Wildman–Crippen LogP) is 1.61. The maximum atomic E-state index is 13.2. The Kier molecular flexibility index (Phi) is 5.16. The molecule has 5 rings (SSSR count). The molecule has 2 aliphatic heterocycles. The number of hydrogen-bond donors (Lipinski definition) is 2. The minimum atomic E-state index is -0.529. The number of H-pyrrole nitrogens is 1. The topological polar surface area (TPSA) is 96.8 Å². The summed E-state index contributed by atoms with van der Waals surface area (Å²) in [4.78, 5) is 41.7. The highest BCUT2D eigenvalue weighted by molar-refractivity contribution is 7.79. The molecule has 0 unspecified atom stereocenters. The number of benzene rings is 1. The van der Waals surface area contributed by atoms with E-state index < -0.39 is 11.1 Å². The van der Waals surface area contributed by atoms with Crippen LogP contribution in [0.2, 0.25) is 0 Å². The van der Waals surface area contributed by atoms with E-state index in [1.807, 2.05) is 6.08 Å². The molecular weight excluding hydrogens is 440 g/mol. The van der Waals surface area contributed by atoms with Gasteiger partial charge in [-0.15, -0.1) is 0 Å². The van der Waals surface area contributed by atoms with Gasteiger partial charge >= 0.3 is 0 Å². The van der Waals surface area contributed by atoms with Crippen LogP contribution in [-0.4, -0.2) is 27.6 Å². The van der Waals surface area contributed by atoms with Crippen LogP contribution in [0.25, 0.3) is 11.7 Å². The molecule has 0 atom stereocenters. The van der Waals surface area contributed by atoms with Crippen molar-refractivity contribution in [3.8, 4) is 0 Å². The maximum Gasteiger partial charge on any atom is 0.293 e. The van der Waals surface area contributed by atoms with E-state index in [4.69, 9.17) is 4.74 Å². The first kappa shape index (κ1) is 21.5. The molecule has 170 valence electrons. The van der Waals surface area contributed by atoms with Gasteiger partial charge in [0.25, 0.3) is 17.6 Å². The molecule has 2 aliphatic rings. The van der Waals surface area contributed by atoms with Crippen molar-refractivity contribution in [2.75, 3.05) is 11.4 Å². The Morgan fingerprint density at radius 1 is 1.27 bits per heavy atom. The average molecular weight is 465 g/mol. The van der Waals surface area contributed by atoms with E-state index in [0.717, 1.165) is 29.6 Å². The zero-order chi connectivity index (χ0) is 23.3. The zero-order valence-electron chi connectivity index (χ0n) is 18.4. The van der Waals surface area contributed by atoms with Gasteiger partial charge in [-0.3, -0.25) is 14.4 Å². The molecule has 9 heteroatoms. The van der Waals surface area contributed by atoms with Gasteiger partial charge in [0, 0.05) is 29.1 Å². The summed E-state index contributed by atoms with van der Waals surface area (Å²) in [5.74, 6) is 0.230. The van der Waals surface area contributed by atoms with E-state index in [1.54, 1.807) is 6.08 Å². The van der Waals surface area contributed by atoms with Crippen LogP contribution >= 0.6 is 12.6 Å². The predicted molar refractivity (Wildman–Crippen MR) is 129 cm³/mol. The van der Waals surface area contributed by atoms with Crippen molar-refractivity contribution >= 4 is 36.5 Å². The fourth-order valence-corrected chi connectivity index (χ4v) is 5.29. The maximum absolute atomic E-state index is 13.2. The number of aryl methyl sites for hydroxylation is 1. The highest BCUT2D eigenvalue weighted by Gasteiger charge is 2.41. The highest BCUT2D eigenvalue weighted by atomic mass is 32.1. The molecule has 0 saturated carbocycles. The van der Waals surface area contributed by atoms with Gasteiger partial charge < -0.3 is 14.6 Å². The molecule has 1 aromatic carbocycles. The molecule has 0 amide bonds. The van der Waals surface area contributed by atoms with E-state index in [1.165, 1.54) is 16.8 Å². The number of aromatic amines is 1. The zero-order valence-corrected chi connectivity index (χ0v) is 19.3. The Bertz CT molecular complexity index is 1480. The lowest BCUT2D eigenvalue weighted by atomic mass is 9.83. The Labute approximate surface area is 195 Å². The summed E-state index contributed by atoms with van der Waals surface area (Å²) in [6.45, 7) is 5.44. The third kappa shape index (κ3) is 3.21. The number of rotatable bonds is 5. The van der Waals surface area contributed by atoms with Crippen molar-refractivity contribution in [1.82, 2.24) is 14.6 Å². The van der Waals surface area contributed by atoms with Gasteiger partial charge in [0.15, 0.2) is 0 Å². The summed E-state index contributed by atoms with van der Waals surface area (Å²) in [6.07, 6.45) is 5.57. The molecular formula is C24H24N4O4S. The number of nitrogens with zero attached hydrogens (tertiary/aromatic N) is 3. The molecule has 3 aromatic rings. The first-order valence-corrected chi connectivity index (χ1v) is 11.5. The fourth-order valence-electron chi connectivity index (χ4n) is 5.03. The average Bonchev–Trinajstić information content (AvgIpc) is 3.26. The minimum absolute atomic E-state index is 0.00457. The van der Waals surface area contributed by atoms with E-state index in [2.05, 4.69) is 59.7 Å². The second-order valence-electron chi connectivity index (χ2n) is 8.84. The van der Waals surface area contributed by atoms with Crippen molar-refractivity contribution in [1.29, 1.82) is 0 Å². The molecule has 0 saturated heterocycles. The van der Waals surface area contributed by atoms with Crippen LogP contribution in [0.1, 0.15) is 42.7 Å². The van der Waals surface area contributed by atoms with Gasteiger partial charge in [-0.25, -0.2) is 0 Å². The second-order valence-corrected chi connectivity index (χ2v) is 9.15. The molecule has 0 radical (unpaired) electrons. The van der Waals surface area contributed by atoms with Crippen LogP contribution in [-0.2, 0) is 33.7 Å². The van der Waals surface area contributed by atoms with Crippen molar-refractivity contribution in [3.63, 3.8) is 0 Å². The van der Waals surface area contributed by atoms with Crippen molar-refractivity contribution in [2.24, 2.45) is 0 Å². The minimum Gasteiger partial charge on any atom is -0.463 e. The lowest BCUT2D eigenvalue weighted by molar-refractivity contribution is -0.129. The Balaban J connectivity index is 1.68. The molecule has 8 nitrogen and oxygen atoms in total. The van der Waals surface area contributed by atoms with Gasteiger partial charge in [-0.1, -0.05) is 32.0 Å². The number of thiol groups is 1. The molecule has 0 bridgehead atoms. The first-order chi connectivity index (χ1) is 15.9. The fraction of sp³-hybridized carbons (Fsp3) is 0.333. The quantitative estimate of drug-likeness (QED) is 0.440. The number of aromatic nitrogens is 3. The summed E-state index contributed by atoms with van der Waals surface area (Å²) in [5, 5.41) is 4.28. The Hall–Kier alpha value is -3.33. The molecule has 0 aliphatic carbocycles. The van der Waals surface area contributed by atoms with Crippen LogP contribution in [0.5, 0.6) is 0 Å². The molecule has 4 heterocycles. The van der Waals surface area contributed by atoms with Gasteiger partial charge in [0.2, 0.25) is 0 Å². The smallest absolute Gasteiger partial charge is 0.293 e. The van der Waals surface area contributed by atoms with E-state index in [0.29, 0.717) is 17.7 Å². The van der Waals surface area contributed by atoms with Crippen molar-refractivity contribution < 1.29 is 9.53 Å². The van der Waals surface area contributed by atoms with Gasteiger partial charge in [0.05, 0.1) is 11.3 Å². The summed E-state index contributed by atoms with van der Waals surface area (Å²) >= 11 is 4.24. The summed E-state index contributed by atoms with van der Waals surface area (Å²) in [7, 11) is 0. The molecule has 0 fully saturated rings. The first-order valence-electron chi connectivity index (χ1n) is 10.8. The summed E-state index contributed by atoms with van der Waals surface area (Å²) < 4.78 is 5.98. The Morgan fingerprint density at radius 3 is 2.85 bits per heavy atom. The highest BCUT2D eigenvalue weighted by Crippen LogP contribution is 2.50. The van der Waals surface area contributed by atoms with Crippen LogP contribution < -0.4 is 21.2 Å². The number of carbonyl (C=O) groups excluding carboxylic acids is 1. The number of anilines is 1. The van der Waals surface area contributed by atoms with Crippen LogP contribution in [0.3, 0.4) is 0 Å². The third-order valence-corrected chi connectivity index (χ3v) is 6.94. The molecule has 0 spiro atoms. The summed E-state index contributed by atoms with van der Waals surface area (Å²) in [6, 6.07) is 6.43. The number of para-hydroxylation sites is 1. The lowest BCUT2D eigenvalue weighted by Gasteiger charge is -2.30.